The highest BCUT2D eigenvalue weighted by molar-refractivity contribution is 5.48. The minimum absolute atomic E-state index is 0.0170. The molecule has 1 rings (SSSR count). The number of hydrogen-bond acceptors (Lipinski definition) is 2. The van der Waals surface area contributed by atoms with Gasteiger partial charge in [0.1, 0.15) is 0 Å². The maximum atomic E-state index is 12.0. The van der Waals surface area contributed by atoms with Crippen LogP contribution in [-0.4, -0.2) is 24.7 Å². The van der Waals surface area contributed by atoms with E-state index in [0.29, 0.717) is 12.2 Å². The predicted molar refractivity (Wildman–Crippen MR) is 62.6 cm³/mol. The number of nitrogens with zero attached hydrogens (tertiary/aromatic N) is 1. The Hall–Kier alpha value is -1.23. The van der Waals surface area contributed by atoms with Gasteiger partial charge in [-0.25, -0.2) is 0 Å². The molecular formula is C12H17F3N2. The van der Waals surface area contributed by atoms with Gasteiger partial charge in [0.15, 0.2) is 0 Å². The Kier molecular flexibility index (Phi) is 4.40. The Labute approximate surface area is 99.2 Å². The summed E-state index contributed by atoms with van der Waals surface area (Å²) >= 11 is 0. The van der Waals surface area contributed by atoms with E-state index in [9.17, 15) is 13.2 Å². The number of nitrogens with two attached hydrogens (primary N) is 1. The van der Waals surface area contributed by atoms with E-state index in [-0.39, 0.29) is 6.54 Å². The normalized spacial score (nSPS) is 12.1. The Bertz CT molecular complexity index is 375. The van der Waals surface area contributed by atoms with Crippen molar-refractivity contribution >= 4 is 5.69 Å². The molecule has 0 aliphatic heterocycles. The number of halogens is 3. The second-order valence-corrected chi connectivity index (χ2v) is 4.31. The molecular weight excluding hydrogens is 229 g/mol. The first-order chi connectivity index (χ1) is 7.78. The van der Waals surface area contributed by atoms with Crippen LogP contribution in [0.4, 0.5) is 18.9 Å². The smallest absolute Gasteiger partial charge is 0.390 e. The number of alkyl halides is 3. The predicted octanol–water partition coefficient (Wildman–Crippen LogP) is 2.96. The first-order valence-corrected chi connectivity index (χ1v) is 5.38. The van der Waals surface area contributed by atoms with Crippen LogP contribution in [-0.2, 0) is 6.54 Å². The van der Waals surface area contributed by atoms with E-state index in [1.807, 2.05) is 19.1 Å². The summed E-state index contributed by atoms with van der Waals surface area (Å²) in [6, 6.07) is 5.57. The third-order valence-electron chi connectivity index (χ3n) is 2.52. The maximum absolute atomic E-state index is 12.0. The number of nitrogen functional groups attached to an aromatic ring is 1. The molecule has 5 heteroatoms. The zero-order valence-electron chi connectivity index (χ0n) is 10.0. The van der Waals surface area contributed by atoms with E-state index in [1.165, 1.54) is 0 Å². The van der Waals surface area contributed by atoms with Crippen molar-refractivity contribution in [2.45, 2.75) is 26.1 Å². The quantitative estimate of drug-likeness (QED) is 0.827. The van der Waals surface area contributed by atoms with Gasteiger partial charge in [-0.3, -0.25) is 0 Å². The van der Waals surface area contributed by atoms with Gasteiger partial charge in [0.05, 0.1) is 6.42 Å². The van der Waals surface area contributed by atoms with Gasteiger partial charge in [-0.1, -0.05) is 17.7 Å². The second-order valence-electron chi connectivity index (χ2n) is 4.31. The van der Waals surface area contributed by atoms with Gasteiger partial charge in [0.2, 0.25) is 0 Å². The van der Waals surface area contributed by atoms with Crippen molar-refractivity contribution in [2.75, 3.05) is 19.3 Å². The molecule has 0 saturated heterocycles. The van der Waals surface area contributed by atoms with Gasteiger partial charge < -0.3 is 10.6 Å². The summed E-state index contributed by atoms with van der Waals surface area (Å²) in [5.74, 6) is 0. The van der Waals surface area contributed by atoms with E-state index < -0.39 is 12.6 Å². The number of aryl methyl sites for hydroxylation is 1. The Balaban J connectivity index is 2.56. The SMILES string of the molecule is Cc1ccc(N)c(CN(C)CCC(F)(F)F)c1. The van der Waals surface area contributed by atoms with Gasteiger partial charge in [-0.15, -0.1) is 0 Å². The Morgan fingerprint density at radius 2 is 1.94 bits per heavy atom. The molecule has 0 heterocycles. The molecule has 1 aromatic carbocycles. The van der Waals surface area contributed by atoms with Crippen molar-refractivity contribution in [2.24, 2.45) is 0 Å². The fraction of sp³-hybridized carbons (Fsp3) is 0.500. The van der Waals surface area contributed by atoms with Crippen molar-refractivity contribution < 1.29 is 13.2 Å². The molecule has 2 nitrogen and oxygen atoms in total. The van der Waals surface area contributed by atoms with E-state index in [0.717, 1.165) is 11.1 Å². The third kappa shape index (κ3) is 5.08. The van der Waals surface area contributed by atoms with Crippen LogP contribution in [0.3, 0.4) is 0 Å². The highest BCUT2D eigenvalue weighted by Gasteiger charge is 2.27. The fourth-order valence-corrected chi connectivity index (χ4v) is 1.56. The van der Waals surface area contributed by atoms with Crippen LogP contribution in [0.25, 0.3) is 0 Å². The molecule has 0 atom stereocenters. The van der Waals surface area contributed by atoms with Crippen LogP contribution in [0.2, 0.25) is 0 Å². The number of hydrogen-bond donors (Lipinski definition) is 1. The molecule has 0 radical (unpaired) electrons. The first kappa shape index (κ1) is 13.8. The average Bonchev–Trinajstić information content (AvgIpc) is 2.20. The van der Waals surface area contributed by atoms with Crippen LogP contribution in [0.5, 0.6) is 0 Å². The largest absolute Gasteiger partial charge is 0.398 e. The third-order valence-corrected chi connectivity index (χ3v) is 2.52. The minimum atomic E-state index is -4.10. The maximum Gasteiger partial charge on any atom is 0.390 e. The van der Waals surface area contributed by atoms with E-state index in [4.69, 9.17) is 5.73 Å². The summed E-state index contributed by atoms with van der Waals surface area (Å²) in [7, 11) is 1.66. The molecule has 17 heavy (non-hydrogen) atoms. The van der Waals surface area contributed by atoms with Crippen LogP contribution >= 0.6 is 0 Å². The topological polar surface area (TPSA) is 29.3 Å². The summed E-state index contributed by atoms with van der Waals surface area (Å²) in [5.41, 5.74) is 8.31. The second kappa shape index (κ2) is 5.40. The molecule has 0 amide bonds. The number of benzene rings is 1. The van der Waals surface area contributed by atoms with Crippen LogP contribution in [0.1, 0.15) is 17.5 Å². The molecule has 0 aromatic heterocycles. The first-order valence-electron chi connectivity index (χ1n) is 5.38. The fourth-order valence-electron chi connectivity index (χ4n) is 1.56. The van der Waals surface area contributed by atoms with Gasteiger partial charge in [-0.05, 0) is 25.6 Å². The van der Waals surface area contributed by atoms with Crippen molar-refractivity contribution in [3.63, 3.8) is 0 Å². The van der Waals surface area contributed by atoms with Gasteiger partial charge in [0, 0.05) is 18.8 Å². The lowest BCUT2D eigenvalue weighted by Crippen LogP contribution is -2.24. The number of anilines is 1. The molecule has 0 spiro atoms. The molecule has 0 unspecified atom stereocenters. The van der Waals surface area contributed by atoms with Crippen molar-refractivity contribution in [3.05, 3.63) is 29.3 Å². The molecule has 96 valence electrons. The van der Waals surface area contributed by atoms with E-state index >= 15 is 0 Å². The Morgan fingerprint density at radius 1 is 1.29 bits per heavy atom. The zero-order valence-corrected chi connectivity index (χ0v) is 10.0. The molecule has 1 aromatic rings. The summed E-state index contributed by atoms with van der Waals surface area (Å²) in [5, 5.41) is 0. The van der Waals surface area contributed by atoms with Crippen LogP contribution in [0.15, 0.2) is 18.2 Å². The lowest BCUT2D eigenvalue weighted by molar-refractivity contribution is -0.137. The monoisotopic (exact) mass is 246 g/mol. The van der Waals surface area contributed by atoms with E-state index in [1.54, 1.807) is 18.0 Å². The summed E-state index contributed by atoms with van der Waals surface area (Å²) in [6.07, 6.45) is -4.90. The number of rotatable bonds is 4. The molecule has 0 aliphatic carbocycles. The summed E-state index contributed by atoms with van der Waals surface area (Å²) in [6.45, 7) is 2.35. The molecule has 0 saturated carbocycles. The van der Waals surface area contributed by atoms with Crippen LogP contribution in [0, 0.1) is 6.92 Å². The molecule has 0 bridgehead atoms. The van der Waals surface area contributed by atoms with Crippen LogP contribution < -0.4 is 5.73 Å². The molecule has 0 fully saturated rings. The Morgan fingerprint density at radius 3 is 2.53 bits per heavy atom. The van der Waals surface area contributed by atoms with Crippen molar-refractivity contribution in [3.8, 4) is 0 Å². The molecule has 0 aliphatic rings. The summed E-state index contributed by atoms with van der Waals surface area (Å²) in [4.78, 5) is 1.62. The summed E-state index contributed by atoms with van der Waals surface area (Å²) < 4.78 is 36.1. The minimum Gasteiger partial charge on any atom is -0.398 e. The lowest BCUT2D eigenvalue weighted by Gasteiger charge is -2.19. The lowest BCUT2D eigenvalue weighted by atomic mass is 10.1. The van der Waals surface area contributed by atoms with Gasteiger partial charge >= 0.3 is 6.18 Å². The van der Waals surface area contributed by atoms with Gasteiger partial charge in [-0.2, -0.15) is 13.2 Å². The average molecular weight is 246 g/mol. The van der Waals surface area contributed by atoms with E-state index in [2.05, 4.69) is 0 Å². The van der Waals surface area contributed by atoms with Crippen molar-refractivity contribution in [1.29, 1.82) is 0 Å². The molecule has 2 N–H and O–H groups in total. The highest BCUT2D eigenvalue weighted by Crippen LogP contribution is 2.21. The highest BCUT2D eigenvalue weighted by atomic mass is 19.4. The van der Waals surface area contributed by atoms with Crippen molar-refractivity contribution in [1.82, 2.24) is 4.90 Å². The standard InChI is InChI=1S/C12H17F3N2/c1-9-3-4-11(16)10(7-9)8-17(2)6-5-12(13,14)15/h3-4,7H,5-6,8,16H2,1-2H3. The zero-order chi connectivity index (χ0) is 13.1. The van der Waals surface area contributed by atoms with Gasteiger partial charge in [0.25, 0.3) is 0 Å².